The molecule has 2 atom stereocenters. The van der Waals surface area contributed by atoms with E-state index >= 15 is 0 Å². The fourth-order valence-electron chi connectivity index (χ4n) is 4.53. The van der Waals surface area contributed by atoms with E-state index in [0.717, 1.165) is 49.7 Å². The summed E-state index contributed by atoms with van der Waals surface area (Å²) < 4.78 is 4.35. The molecule has 2 aromatic heterocycles. The van der Waals surface area contributed by atoms with Crippen molar-refractivity contribution in [2.45, 2.75) is 52.6 Å². The highest BCUT2D eigenvalue weighted by molar-refractivity contribution is 5.02. The lowest BCUT2D eigenvalue weighted by molar-refractivity contribution is 0.165. The van der Waals surface area contributed by atoms with E-state index in [-0.39, 0.29) is 0 Å². The van der Waals surface area contributed by atoms with Gasteiger partial charge < -0.3 is 0 Å². The van der Waals surface area contributed by atoms with E-state index in [2.05, 4.69) is 67.7 Å². The molecule has 0 amide bonds. The second-order valence-electron chi connectivity index (χ2n) is 8.37. The summed E-state index contributed by atoms with van der Waals surface area (Å²) in [4.78, 5) is 5.07. The topological polar surface area (TPSA) is 42.1 Å². The van der Waals surface area contributed by atoms with E-state index in [4.69, 9.17) is 0 Å². The normalized spacial score (nSPS) is 25.6. The van der Waals surface area contributed by atoms with Gasteiger partial charge in [0.05, 0.1) is 13.1 Å². The Morgan fingerprint density at radius 3 is 1.81 bits per heavy atom. The molecule has 0 bridgehead atoms. The monoisotopic (exact) mass is 356 g/mol. The van der Waals surface area contributed by atoms with Crippen LogP contribution in [0.5, 0.6) is 0 Å². The minimum absolute atomic E-state index is 0.779. The SMILES string of the molecule is CC1CCCN(Cc2nnc(CN3CCCC(C)C3)n2-n2cccc2)C1. The zero-order valence-electron chi connectivity index (χ0n) is 16.2. The summed E-state index contributed by atoms with van der Waals surface area (Å²) in [5, 5.41) is 9.20. The summed E-state index contributed by atoms with van der Waals surface area (Å²) in [5.74, 6) is 3.66. The summed E-state index contributed by atoms with van der Waals surface area (Å²) in [6, 6.07) is 4.14. The van der Waals surface area contributed by atoms with Gasteiger partial charge in [-0.2, -0.15) is 0 Å². The van der Waals surface area contributed by atoms with Gasteiger partial charge in [-0.05, 0) is 62.7 Å². The number of likely N-dealkylation sites (tertiary alicyclic amines) is 2. The first-order valence-electron chi connectivity index (χ1n) is 10.2. The van der Waals surface area contributed by atoms with Gasteiger partial charge in [0, 0.05) is 25.5 Å². The second kappa shape index (κ2) is 7.92. The fraction of sp³-hybridized carbons (Fsp3) is 0.700. The molecule has 6 nitrogen and oxygen atoms in total. The Bertz CT molecular complexity index is 650. The first-order chi connectivity index (χ1) is 12.7. The Hall–Kier alpha value is -1.66. The van der Waals surface area contributed by atoms with Crippen LogP contribution < -0.4 is 0 Å². The van der Waals surface area contributed by atoms with Crippen molar-refractivity contribution in [1.29, 1.82) is 0 Å². The average Bonchev–Trinajstić information content (AvgIpc) is 3.25. The van der Waals surface area contributed by atoms with Gasteiger partial charge in [0.15, 0.2) is 11.6 Å². The summed E-state index contributed by atoms with van der Waals surface area (Å²) in [6.07, 6.45) is 9.45. The standard InChI is InChI=1S/C20H32N6/c1-17-7-5-9-23(13-17)15-19-21-22-20(26(19)25-11-3-4-12-25)16-24-10-6-8-18(2)14-24/h3-4,11-12,17-18H,5-10,13-16H2,1-2H3. The Morgan fingerprint density at radius 2 is 1.35 bits per heavy atom. The van der Waals surface area contributed by atoms with Crippen molar-refractivity contribution in [3.63, 3.8) is 0 Å². The van der Waals surface area contributed by atoms with Gasteiger partial charge in [0.1, 0.15) is 0 Å². The van der Waals surface area contributed by atoms with Crippen molar-refractivity contribution in [1.82, 2.24) is 29.3 Å². The fourth-order valence-corrected chi connectivity index (χ4v) is 4.53. The molecule has 0 radical (unpaired) electrons. The maximum atomic E-state index is 4.60. The Morgan fingerprint density at radius 1 is 0.846 bits per heavy atom. The van der Waals surface area contributed by atoms with E-state index in [1.807, 2.05) is 0 Å². The van der Waals surface area contributed by atoms with Gasteiger partial charge in [-0.3, -0.25) is 14.5 Å². The maximum Gasteiger partial charge on any atom is 0.167 e. The molecule has 0 N–H and O–H groups in total. The van der Waals surface area contributed by atoms with E-state index in [9.17, 15) is 0 Å². The van der Waals surface area contributed by atoms with Crippen LogP contribution in [-0.4, -0.2) is 55.5 Å². The van der Waals surface area contributed by atoms with Gasteiger partial charge >= 0.3 is 0 Å². The molecule has 4 heterocycles. The molecule has 26 heavy (non-hydrogen) atoms. The Labute approximate surface area is 156 Å². The largest absolute Gasteiger partial charge is 0.296 e. The third kappa shape index (κ3) is 4.01. The van der Waals surface area contributed by atoms with Crippen molar-refractivity contribution in [3.05, 3.63) is 36.2 Å². The molecular weight excluding hydrogens is 324 g/mol. The van der Waals surface area contributed by atoms with Gasteiger partial charge in [0.2, 0.25) is 0 Å². The van der Waals surface area contributed by atoms with Crippen LogP contribution in [0.4, 0.5) is 0 Å². The summed E-state index contributed by atoms with van der Waals surface area (Å²) in [7, 11) is 0. The van der Waals surface area contributed by atoms with Crippen LogP contribution in [0, 0.1) is 11.8 Å². The smallest absolute Gasteiger partial charge is 0.167 e. The van der Waals surface area contributed by atoms with Crippen molar-refractivity contribution in [3.8, 4) is 0 Å². The summed E-state index contributed by atoms with van der Waals surface area (Å²) in [5.41, 5.74) is 0. The first-order valence-corrected chi connectivity index (χ1v) is 10.2. The predicted molar refractivity (Wildman–Crippen MR) is 103 cm³/mol. The molecule has 142 valence electrons. The van der Waals surface area contributed by atoms with Gasteiger partial charge in [-0.15, -0.1) is 10.2 Å². The summed E-state index contributed by atoms with van der Waals surface area (Å²) >= 11 is 0. The van der Waals surface area contributed by atoms with Crippen LogP contribution in [0.15, 0.2) is 24.5 Å². The molecule has 0 spiro atoms. The van der Waals surface area contributed by atoms with Crippen molar-refractivity contribution >= 4 is 0 Å². The first kappa shape index (κ1) is 17.7. The third-order valence-corrected chi connectivity index (χ3v) is 5.80. The predicted octanol–water partition coefficient (Wildman–Crippen LogP) is 2.85. The molecule has 0 aromatic carbocycles. The number of aromatic nitrogens is 4. The van der Waals surface area contributed by atoms with Gasteiger partial charge in [-0.25, -0.2) is 4.68 Å². The Balaban J connectivity index is 1.55. The third-order valence-electron chi connectivity index (χ3n) is 5.80. The molecule has 0 aliphatic carbocycles. The zero-order chi connectivity index (χ0) is 17.9. The maximum absolute atomic E-state index is 4.60. The van der Waals surface area contributed by atoms with Crippen LogP contribution in [-0.2, 0) is 13.1 Å². The van der Waals surface area contributed by atoms with Crippen molar-refractivity contribution in [2.24, 2.45) is 11.8 Å². The lowest BCUT2D eigenvalue weighted by Crippen LogP contribution is -2.36. The van der Waals surface area contributed by atoms with E-state index in [1.54, 1.807) is 0 Å². The Kier molecular flexibility index (Phi) is 5.41. The minimum atomic E-state index is 0.779. The molecule has 2 aromatic rings. The molecule has 2 unspecified atom stereocenters. The van der Waals surface area contributed by atoms with Crippen LogP contribution in [0.3, 0.4) is 0 Å². The highest BCUT2D eigenvalue weighted by Gasteiger charge is 2.23. The number of piperidine rings is 2. The molecule has 0 saturated carbocycles. The lowest BCUT2D eigenvalue weighted by Gasteiger charge is -2.31. The molecule has 2 fully saturated rings. The van der Waals surface area contributed by atoms with E-state index in [0.29, 0.717) is 0 Å². The van der Waals surface area contributed by atoms with Crippen LogP contribution in [0.1, 0.15) is 51.2 Å². The molecule has 6 heteroatoms. The molecule has 2 saturated heterocycles. The molecule has 4 rings (SSSR count). The lowest BCUT2D eigenvalue weighted by atomic mass is 10.0. The zero-order valence-corrected chi connectivity index (χ0v) is 16.2. The number of hydrogen-bond donors (Lipinski definition) is 0. The quantitative estimate of drug-likeness (QED) is 0.826. The molecule has 2 aliphatic heterocycles. The van der Waals surface area contributed by atoms with Gasteiger partial charge in [-0.1, -0.05) is 13.8 Å². The minimum Gasteiger partial charge on any atom is -0.296 e. The van der Waals surface area contributed by atoms with Crippen LogP contribution in [0.2, 0.25) is 0 Å². The molecule has 2 aliphatic rings. The van der Waals surface area contributed by atoms with Crippen molar-refractivity contribution < 1.29 is 0 Å². The highest BCUT2D eigenvalue weighted by Crippen LogP contribution is 2.20. The number of nitrogens with zero attached hydrogens (tertiary/aromatic N) is 6. The number of hydrogen-bond acceptors (Lipinski definition) is 4. The number of rotatable bonds is 5. The van der Waals surface area contributed by atoms with Crippen LogP contribution in [0.25, 0.3) is 0 Å². The summed E-state index contributed by atoms with van der Waals surface area (Å²) in [6.45, 7) is 11.1. The van der Waals surface area contributed by atoms with E-state index < -0.39 is 0 Å². The molecular formula is C20H32N6. The van der Waals surface area contributed by atoms with E-state index in [1.165, 1.54) is 38.8 Å². The average molecular weight is 357 g/mol. The second-order valence-corrected chi connectivity index (χ2v) is 8.37. The van der Waals surface area contributed by atoms with Gasteiger partial charge in [0.25, 0.3) is 0 Å². The van der Waals surface area contributed by atoms with Crippen molar-refractivity contribution in [2.75, 3.05) is 26.2 Å². The highest BCUT2D eigenvalue weighted by atomic mass is 15.5. The van der Waals surface area contributed by atoms with Crippen LogP contribution >= 0.6 is 0 Å².